The summed E-state index contributed by atoms with van der Waals surface area (Å²) in [6, 6.07) is 15.7. The van der Waals surface area contributed by atoms with Crippen molar-refractivity contribution in [1.82, 2.24) is 15.2 Å². The van der Waals surface area contributed by atoms with Crippen molar-refractivity contribution in [3.63, 3.8) is 0 Å². The van der Waals surface area contributed by atoms with E-state index in [1.54, 1.807) is 17.0 Å². The van der Waals surface area contributed by atoms with Gasteiger partial charge in [-0.1, -0.05) is 30.3 Å². The Labute approximate surface area is 195 Å². The molecule has 1 aliphatic heterocycles. The zero-order chi connectivity index (χ0) is 23.2. The third-order valence-electron chi connectivity index (χ3n) is 5.59. The van der Waals surface area contributed by atoms with Crippen molar-refractivity contribution in [2.24, 2.45) is 5.92 Å². The summed E-state index contributed by atoms with van der Waals surface area (Å²) in [5.41, 5.74) is 1.75. The number of carboxylic acid groups (broad SMARTS) is 1. The fourth-order valence-electron chi connectivity index (χ4n) is 3.66. The van der Waals surface area contributed by atoms with Gasteiger partial charge in [0, 0.05) is 30.9 Å². The van der Waals surface area contributed by atoms with E-state index in [4.69, 9.17) is 5.11 Å². The Kier molecular flexibility index (Phi) is 6.99. The molecule has 2 aromatic carbocycles. The molecule has 0 aliphatic carbocycles. The highest BCUT2D eigenvalue weighted by atomic mass is 32.1. The number of nitrogens with zero attached hydrogens (tertiary/aromatic N) is 2. The zero-order valence-corrected chi connectivity index (χ0v) is 18.7. The van der Waals surface area contributed by atoms with Crippen LogP contribution in [0.3, 0.4) is 0 Å². The van der Waals surface area contributed by atoms with Gasteiger partial charge in [0.15, 0.2) is 0 Å². The number of carbonyl (C=O) groups is 3. The van der Waals surface area contributed by atoms with Crippen LogP contribution in [0.2, 0.25) is 0 Å². The molecule has 9 heteroatoms. The van der Waals surface area contributed by atoms with E-state index in [9.17, 15) is 14.4 Å². The van der Waals surface area contributed by atoms with Crippen molar-refractivity contribution in [3.8, 4) is 10.6 Å². The van der Waals surface area contributed by atoms with Crippen molar-refractivity contribution in [2.75, 3.05) is 25.0 Å². The SMILES string of the molecule is O=C(O)c1ccc(-c2ncc(C(=O)NCC3CCN(C(=O)Nc4ccccc4)CC3)s2)cc1. The molecule has 1 saturated heterocycles. The Bertz CT molecular complexity index is 1120. The molecule has 2 heterocycles. The largest absolute Gasteiger partial charge is 0.478 e. The minimum Gasteiger partial charge on any atom is -0.478 e. The molecule has 0 spiro atoms. The molecule has 0 bridgehead atoms. The van der Waals surface area contributed by atoms with Crippen LogP contribution in [-0.2, 0) is 0 Å². The fourth-order valence-corrected chi connectivity index (χ4v) is 4.49. The second-order valence-corrected chi connectivity index (χ2v) is 8.88. The molecule has 1 aliphatic rings. The number of aromatic nitrogens is 1. The Morgan fingerprint density at radius 1 is 1.03 bits per heavy atom. The number of likely N-dealkylation sites (tertiary alicyclic amines) is 1. The van der Waals surface area contributed by atoms with E-state index >= 15 is 0 Å². The number of urea groups is 1. The average molecular weight is 465 g/mol. The van der Waals surface area contributed by atoms with Crippen LogP contribution in [0.1, 0.15) is 32.9 Å². The van der Waals surface area contributed by atoms with Crippen molar-refractivity contribution in [2.45, 2.75) is 12.8 Å². The summed E-state index contributed by atoms with van der Waals surface area (Å²) >= 11 is 1.27. The highest BCUT2D eigenvalue weighted by molar-refractivity contribution is 7.16. The van der Waals surface area contributed by atoms with Gasteiger partial charge in [0.2, 0.25) is 0 Å². The molecule has 1 aromatic heterocycles. The van der Waals surface area contributed by atoms with Gasteiger partial charge in [-0.3, -0.25) is 4.79 Å². The third-order valence-corrected chi connectivity index (χ3v) is 6.63. The number of amides is 3. The van der Waals surface area contributed by atoms with Gasteiger partial charge in [-0.15, -0.1) is 11.3 Å². The Hall–Kier alpha value is -3.72. The molecule has 8 nitrogen and oxygen atoms in total. The van der Waals surface area contributed by atoms with Gasteiger partial charge in [0.25, 0.3) is 5.91 Å². The molecule has 33 heavy (non-hydrogen) atoms. The molecule has 0 saturated carbocycles. The van der Waals surface area contributed by atoms with Crippen molar-refractivity contribution in [3.05, 3.63) is 71.2 Å². The van der Waals surface area contributed by atoms with Crippen LogP contribution in [0.4, 0.5) is 10.5 Å². The summed E-state index contributed by atoms with van der Waals surface area (Å²) in [7, 11) is 0. The number of hydrogen-bond acceptors (Lipinski definition) is 5. The lowest BCUT2D eigenvalue weighted by Gasteiger charge is -2.32. The second-order valence-electron chi connectivity index (χ2n) is 7.85. The first-order valence-corrected chi connectivity index (χ1v) is 11.5. The Balaban J connectivity index is 1.24. The second kappa shape index (κ2) is 10.3. The number of benzene rings is 2. The standard InChI is InChI=1S/C24H24N4O4S/c29-21(20-15-26-22(33-20)17-6-8-18(9-7-17)23(30)31)25-14-16-10-12-28(13-11-16)24(32)27-19-4-2-1-3-5-19/h1-9,15-16H,10-14H2,(H,25,29)(H,27,32)(H,30,31). The maximum atomic E-state index is 12.6. The lowest BCUT2D eigenvalue weighted by molar-refractivity contribution is 0.0696. The van der Waals surface area contributed by atoms with Gasteiger partial charge < -0.3 is 20.6 Å². The van der Waals surface area contributed by atoms with Crippen LogP contribution in [0.25, 0.3) is 10.6 Å². The monoisotopic (exact) mass is 464 g/mol. The maximum Gasteiger partial charge on any atom is 0.335 e. The predicted molar refractivity (Wildman–Crippen MR) is 127 cm³/mol. The molecular formula is C24H24N4O4S. The minimum atomic E-state index is -0.983. The molecule has 0 atom stereocenters. The van der Waals surface area contributed by atoms with Gasteiger partial charge >= 0.3 is 12.0 Å². The number of nitrogens with one attached hydrogen (secondary N) is 2. The van der Waals surface area contributed by atoms with E-state index in [-0.39, 0.29) is 17.5 Å². The number of aromatic carboxylic acids is 1. The summed E-state index contributed by atoms with van der Waals surface area (Å²) in [6.45, 7) is 1.85. The topological polar surface area (TPSA) is 112 Å². The van der Waals surface area contributed by atoms with Crippen molar-refractivity contribution in [1.29, 1.82) is 0 Å². The highest BCUT2D eigenvalue weighted by Gasteiger charge is 2.23. The number of para-hydroxylation sites is 1. The van der Waals surface area contributed by atoms with Gasteiger partial charge in [0.1, 0.15) is 9.88 Å². The van der Waals surface area contributed by atoms with E-state index in [0.717, 1.165) is 24.1 Å². The smallest absolute Gasteiger partial charge is 0.335 e. The fraction of sp³-hybridized carbons (Fsp3) is 0.250. The number of hydrogen-bond donors (Lipinski definition) is 3. The number of carboxylic acids is 1. The van der Waals surface area contributed by atoms with E-state index in [1.807, 2.05) is 30.3 Å². The number of piperidine rings is 1. The summed E-state index contributed by atoms with van der Waals surface area (Å²) in [6.07, 6.45) is 3.19. The van der Waals surface area contributed by atoms with Crippen molar-refractivity contribution < 1.29 is 19.5 Å². The van der Waals surface area contributed by atoms with Crippen LogP contribution in [0.5, 0.6) is 0 Å². The number of anilines is 1. The number of thiazole rings is 1. The highest BCUT2D eigenvalue weighted by Crippen LogP contribution is 2.26. The van der Waals surface area contributed by atoms with Crippen molar-refractivity contribution >= 4 is 34.9 Å². The van der Waals surface area contributed by atoms with E-state index in [2.05, 4.69) is 15.6 Å². The molecule has 3 aromatic rings. The van der Waals surface area contributed by atoms with E-state index in [0.29, 0.717) is 35.4 Å². The molecule has 0 radical (unpaired) electrons. The molecule has 1 fully saturated rings. The zero-order valence-electron chi connectivity index (χ0n) is 17.9. The summed E-state index contributed by atoms with van der Waals surface area (Å²) in [4.78, 5) is 42.6. The van der Waals surface area contributed by atoms with Gasteiger partial charge in [-0.05, 0) is 43.0 Å². The third kappa shape index (κ3) is 5.75. The van der Waals surface area contributed by atoms with Crippen LogP contribution in [0, 0.1) is 5.92 Å². The lowest BCUT2D eigenvalue weighted by atomic mass is 9.97. The van der Waals surface area contributed by atoms with Crippen LogP contribution < -0.4 is 10.6 Å². The predicted octanol–water partition coefficient (Wildman–Crippen LogP) is 4.18. The normalized spacial score (nSPS) is 14.0. The molecule has 170 valence electrons. The Morgan fingerprint density at radius 2 is 1.73 bits per heavy atom. The molecule has 4 rings (SSSR count). The van der Waals surface area contributed by atoms with Gasteiger partial charge in [0.05, 0.1) is 11.8 Å². The van der Waals surface area contributed by atoms with Gasteiger partial charge in [-0.25, -0.2) is 14.6 Å². The quantitative estimate of drug-likeness (QED) is 0.507. The van der Waals surface area contributed by atoms with Crippen LogP contribution in [0.15, 0.2) is 60.8 Å². The van der Waals surface area contributed by atoms with Crippen LogP contribution >= 0.6 is 11.3 Å². The molecule has 3 N–H and O–H groups in total. The summed E-state index contributed by atoms with van der Waals surface area (Å²) in [5.74, 6) is -0.848. The van der Waals surface area contributed by atoms with E-state index < -0.39 is 5.97 Å². The molecular weight excluding hydrogens is 440 g/mol. The maximum absolute atomic E-state index is 12.6. The van der Waals surface area contributed by atoms with Crippen LogP contribution in [-0.4, -0.2) is 52.5 Å². The summed E-state index contributed by atoms with van der Waals surface area (Å²) in [5, 5.41) is 15.5. The first kappa shape index (κ1) is 22.5. The lowest BCUT2D eigenvalue weighted by Crippen LogP contribution is -2.43. The first-order chi connectivity index (χ1) is 16.0. The molecule has 0 unspecified atom stereocenters. The van der Waals surface area contributed by atoms with E-state index in [1.165, 1.54) is 29.7 Å². The minimum absolute atomic E-state index is 0.0998. The number of rotatable bonds is 6. The Morgan fingerprint density at radius 3 is 2.39 bits per heavy atom. The average Bonchev–Trinajstić information content (AvgIpc) is 3.34. The molecule has 3 amide bonds. The first-order valence-electron chi connectivity index (χ1n) is 10.7. The summed E-state index contributed by atoms with van der Waals surface area (Å²) < 4.78 is 0. The van der Waals surface area contributed by atoms with Gasteiger partial charge in [-0.2, -0.15) is 0 Å². The number of carbonyl (C=O) groups excluding carboxylic acids is 2.